The van der Waals surface area contributed by atoms with Gasteiger partial charge >= 0.3 is 5.97 Å². The summed E-state index contributed by atoms with van der Waals surface area (Å²) in [6.45, 7) is 2.48. The quantitative estimate of drug-likeness (QED) is 0.329. The van der Waals surface area contributed by atoms with Crippen molar-refractivity contribution in [3.63, 3.8) is 0 Å². The van der Waals surface area contributed by atoms with Gasteiger partial charge in [-0.1, -0.05) is 58.3 Å². The maximum absolute atomic E-state index is 11.7. The topological polar surface area (TPSA) is 78.3 Å². The van der Waals surface area contributed by atoms with Crippen molar-refractivity contribution >= 4 is 17.3 Å². The lowest BCUT2D eigenvalue weighted by Gasteiger charge is -2.07. The molecule has 0 aliphatic carbocycles. The molecule has 0 aromatic heterocycles. The third kappa shape index (κ3) is 9.82. The van der Waals surface area contributed by atoms with Crippen molar-refractivity contribution in [3.8, 4) is 0 Å². The van der Waals surface area contributed by atoms with Gasteiger partial charge in [-0.2, -0.15) is 0 Å². The molecule has 23 heavy (non-hydrogen) atoms. The Balaban J connectivity index is 2.02. The standard InChI is InChI=1S/C19H32N2O2/c1-2-3-4-5-6-7-8-9-10-11-19(22)23-15-16-12-17(20)14-18(21)13-16/h12-14H,2-11,15,20-21H2,1H3. The minimum atomic E-state index is -0.144. The minimum absolute atomic E-state index is 0.144. The van der Waals surface area contributed by atoms with E-state index in [0.717, 1.165) is 18.4 Å². The first-order valence-corrected chi connectivity index (χ1v) is 8.92. The zero-order valence-electron chi connectivity index (χ0n) is 14.5. The normalized spacial score (nSPS) is 10.7. The van der Waals surface area contributed by atoms with Crippen LogP contribution in [0, 0.1) is 0 Å². The molecule has 1 aromatic carbocycles. The van der Waals surface area contributed by atoms with Gasteiger partial charge in [0.1, 0.15) is 6.61 Å². The summed E-state index contributed by atoms with van der Waals surface area (Å²) in [5, 5.41) is 0. The van der Waals surface area contributed by atoms with Gasteiger partial charge in [0.15, 0.2) is 0 Å². The molecule has 130 valence electrons. The SMILES string of the molecule is CCCCCCCCCCCC(=O)OCc1cc(N)cc(N)c1. The lowest BCUT2D eigenvalue weighted by atomic mass is 10.1. The predicted molar refractivity (Wildman–Crippen MR) is 96.9 cm³/mol. The third-order valence-electron chi connectivity index (χ3n) is 3.92. The summed E-state index contributed by atoms with van der Waals surface area (Å²) in [6, 6.07) is 5.25. The molecule has 1 rings (SSSR count). The highest BCUT2D eigenvalue weighted by atomic mass is 16.5. The number of benzene rings is 1. The second-order valence-electron chi connectivity index (χ2n) is 6.25. The lowest BCUT2D eigenvalue weighted by molar-refractivity contribution is -0.145. The van der Waals surface area contributed by atoms with Gasteiger partial charge in [-0.15, -0.1) is 0 Å². The van der Waals surface area contributed by atoms with Crippen LogP contribution in [-0.4, -0.2) is 5.97 Å². The van der Waals surface area contributed by atoms with Crippen LogP contribution in [0.1, 0.15) is 76.7 Å². The van der Waals surface area contributed by atoms with E-state index in [9.17, 15) is 4.79 Å². The van der Waals surface area contributed by atoms with Gasteiger partial charge in [-0.05, 0) is 30.2 Å². The molecule has 0 spiro atoms. The first-order valence-electron chi connectivity index (χ1n) is 8.92. The number of nitrogens with two attached hydrogens (primary N) is 2. The van der Waals surface area contributed by atoms with E-state index in [1.165, 1.54) is 44.9 Å². The molecule has 4 nitrogen and oxygen atoms in total. The zero-order chi connectivity index (χ0) is 16.9. The van der Waals surface area contributed by atoms with Crippen molar-refractivity contribution in [1.82, 2.24) is 0 Å². The van der Waals surface area contributed by atoms with Crippen molar-refractivity contribution in [2.24, 2.45) is 0 Å². The molecule has 0 aliphatic heterocycles. The molecule has 0 aliphatic rings. The Hall–Kier alpha value is -1.71. The number of hydrogen-bond donors (Lipinski definition) is 2. The molecule has 4 heteroatoms. The molecule has 4 N–H and O–H groups in total. The summed E-state index contributed by atoms with van der Waals surface area (Å²) in [4.78, 5) is 11.7. The van der Waals surface area contributed by atoms with E-state index in [-0.39, 0.29) is 12.6 Å². The Kier molecular flexibility index (Phi) is 9.92. The third-order valence-corrected chi connectivity index (χ3v) is 3.92. The Morgan fingerprint density at radius 3 is 1.96 bits per heavy atom. The number of hydrogen-bond acceptors (Lipinski definition) is 4. The highest BCUT2D eigenvalue weighted by Gasteiger charge is 2.04. The highest BCUT2D eigenvalue weighted by Crippen LogP contribution is 2.15. The fraction of sp³-hybridized carbons (Fsp3) is 0.632. The van der Waals surface area contributed by atoms with Crippen molar-refractivity contribution in [2.75, 3.05) is 11.5 Å². The van der Waals surface area contributed by atoms with E-state index < -0.39 is 0 Å². The number of nitrogen functional groups attached to an aromatic ring is 2. The summed E-state index contributed by atoms with van der Waals surface area (Å²) in [7, 11) is 0. The summed E-state index contributed by atoms with van der Waals surface area (Å²) in [5.41, 5.74) is 13.4. The average molecular weight is 320 g/mol. The number of carbonyl (C=O) groups excluding carboxylic acids is 1. The van der Waals surface area contributed by atoms with Crippen LogP contribution in [0.2, 0.25) is 0 Å². The van der Waals surface area contributed by atoms with E-state index in [4.69, 9.17) is 16.2 Å². The van der Waals surface area contributed by atoms with E-state index >= 15 is 0 Å². The molecule has 0 saturated heterocycles. The monoisotopic (exact) mass is 320 g/mol. The second kappa shape index (κ2) is 11.8. The minimum Gasteiger partial charge on any atom is -0.461 e. The molecule has 0 saturated carbocycles. The molecular weight excluding hydrogens is 288 g/mol. The number of rotatable bonds is 12. The average Bonchev–Trinajstić information content (AvgIpc) is 2.50. The van der Waals surface area contributed by atoms with E-state index in [2.05, 4.69) is 6.92 Å². The number of carbonyl (C=O) groups is 1. The van der Waals surface area contributed by atoms with Crippen LogP contribution in [0.15, 0.2) is 18.2 Å². The van der Waals surface area contributed by atoms with Gasteiger partial charge in [0, 0.05) is 17.8 Å². The van der Waals surface area contributed by atoms with Gasteiger partial charge in [0.2, 0.25) is 0 Å². The molecule has 0 heterocycles. The van der Waals surface area contributed by atoms with Crippen LogP contribution in [0.5, 0.6) is 0 Å². The van der Waals surface area contributed by atoms with Crippen LogP contribution in [0.4, 0.5) is 11.4 Å². The van der Waals surface area contributed by atoms with Crippen molar-refractivity contribution in [3.05, 3.63) is 23.8 Å². The molecule has 0 radical (unpaired) electrons. The number of unbranched alkanes of at least 4 members (excludes halogenated alkanes) is 8. The fourth-order valence-corrected chi connectivity index (χ4v) is 2.64. The highest BCUT2D eigenvalue weighted by molar-refractivity contribution is 5.69. The Bertz CT molecular complexity index is 440. The largest absolute Gasteiger partial charge is 0.461 e. The van der Waals surface area contributed by atoms with Crippen molar-refractivity contribution in [2.45, 2.75) is 77.7 Å². The molecule has 1 aromatic rings. The van der Waals surface area contributed by atoms with Gasteiger partial charge in [0.25, 0.3) is 0 Å². The first-order chi connectivity index (χ1) is 11.1. The Labute approximate surface area is 140 Å². The first kappa shape index (κ1) is 19.3. The van der Waals surface area contributed by atoms with Gasteiger partial charge < -0.3 is 16.2 Å². The van der Waals surface area contributed by atoms with Gasteiger partial charge in [0.05, 0.1) is 0 Å². The number of esters is 1. The molecule has 0 atom stereocenters. The van der Waals surface area contributed by atoms with Gasteiger partial charge in [-0.3, -0.25) is 4.79 Å². The van der Waals surface area contributed by atoms with Crippen molar-refractivity contribution < 1.29 is 9.53 Å². The molecule has 0 bridgehead atoms. The maximum atomic E-state index is 11.7. The summed E-state index contributed by atoms with van der Waals surface area (Å²) >= 11 is 0. The molecule has 0 amide bonds. The van der Waals surface area contributed by atoms with E-state index in [1.54, 1.807) is 18.2 Å². The second-order valence-corrected chi connectivity index (χ2v) is 6.25. The molecule has 0 fully saturated rings. The van der Waals surface area contributed by atoms with Crippen LogP contribution >= 0.6 is 0 Å². The summed E-state index contributed by atoms with van der Waals surface area (Å²) < 4.78 is 5.26. The fourth-order valence-electron chi connectivity index (χ4n) is 2.64. The molecular formula is C19H32N2O2. The number of ether oxygens (including phenoxy) is 1. The van der Waals surface area contributed by atoms with Gasteiger partial charge in [-0.25, -0.2) is 0 Å². The van der Waals surface area contributed by atoms with Crippen molar-refractivity contribution in [1.29, 1.82) is 0 Å². The van der Waals surface area contributed by atoms with Crippen LogP contribution in [0.25, 0.3) is 0 Å². The zero-order valence-corrected chi connectivity index (χ0v) is 14.5. The van der Waals surface area contributed by atoms with Crippen LogP contribution in [-0.2, 0) is 16.1 Å². The Morgan fingerprint density at radius 2 is 1.39 bits per heavy atom. The van der Waals surface area contributed by atoms with Crippen LogP contribution in [0.3, 0.4) is 0 Å². The molecule has 0 unspecified atom stereocenters. The number of anilines is 2. The van der Waals surface area contributed by atoms with E-state index in [1.807, 2.05) is 0 Å². The summed E-state index contributed by atoms with van der Waals surface area (Å²) in [6.07, 6.45) is 11.7. The Morgan fingerprint density at radius 1 is 0.870 bits per heavy atom. The van der Waals surface area contributed by atoms with E-state index in [0.29, 0.717) is 17.8 Å². The van der Waals surface area contributed by atoms with Crippen LogP contribution < -0.4 is 11.5 Å². The summed E-state index contributed by atoms with van der Waals surface area (Å²) in [5.74, 6) is -0.144. The lowest BCUT2D eigenvalue weighted by Crippen LogP contribution is -2.05. The smallest absolute Gasteiger partial charge is 0.306 e. The maximum Gasteiger partial charge on any atom is 0.306 e. The predicted octanol–water partition coefficient (Wildman–Crippen LogP) is 4.82.